The number of nitrogens with zero attached hydrogens (tertiary/aromatic N) is 1. The van der Waals surface area contributed by atoms with Crippen molar-refractivity contribution in [2.24, 2.45) is 0 Å². The first-order valence-electron chi connectivity index (χ1n) is 11.4. The second-order valence-corrected chi connectivity index (χ2v) is 8.53. The summed E-state index contributed by atoms with van der Waals surface area (Å²) >= 11 is 0. The first-order chi connectivity index (χ1) is 16.1. The van der Waals surface area contributed by atoms with E-state index in [-0.39, 0.29) is 25.2 Å². The van der Waals surface area contributed by atoms with Crippen molar-refractivity contribution in [3.63, 3.8) is 0 Å². The second kappa shape index (κ2) is 10.3. The Hall–Kier alpha value is -3.60. The number of likely N-dealkylation sites (tertiary alicyclic amines) is 1. The molecule has 1 saturated heterocycles. The number of ether oxygens (including phenoxy) is 1. The third-order valence-corrected chi connectivity index (χ3v) is 6.51. The fourth-order valence-electron chi connectivity index (χ4n) is 4.79. The molecule has 0 aromatic heterocycles. The molecule has 0 spiro atoms. The molecule has 4 rings (SSSR count). The largest absolute Gasteiger partial charge is 0.480 e. The summed E-state index contributed by atoms with van der Waals surface area (Å²) in [6.07, 6.45) is 2.48. The van der Waals surface area contributed by atoms with Gasteiger partial charge in [-0.15, -0.1) is 0 Å². The molecule has 1 fully saturated rings. The molecule has 3 aromatic carbocycles. The van der Waals surface area contributed by atoms with Crippen molar-refractivity contribution in [2.75, 3.05) is 6.54 Å². The van der Waals surface area contributed by atoms with Gasteiger partial charge in [-0.1, -0.05) is 91.0 Å². The lowest BCUT2D eigenvalue weighted by molar-refractivity contribution is -0.143. The normalized spacial score (nSPS) is 16.2. The van der Waals surface area contributed by atoms with E-state index in [9.17, 15) is 14.7 Å². The first-order valence-corrected chi connectivity index (χ1v) is 11.4. The van der Waals surface area contributed by atoms with E-state index in [2.05, 4.69) is 0 Å². The summed E-state index contributed by atoms with van der Waals surface area (Å²) in [4.78, 5) is 27.7. The SMILES string of the molecule is O=C(OCc1ccccc1)N1CCCCC1CC(C(=O)O)(c1ccccc1)c1ccccc1. The average molecular weight is 444 g/mol. The Labute approximate surface area is 194 Å². The maximum absolute atomic E-state index is 13.1. The molecule has 0 bridgehead atoms. The standard InChI is InChI=1S/C28H29NO4/c30-26(31)28(23-14-6-2-7-15-23,24-16-8-3-9-17-24)20-25-18-10-11-19-29(25)27(32)33-21-22-12-4-1-5-13-22/h1-9,12-17,25H,10-11,18-21H2,(H,30,31). The number of amides is 1. The van der Waals surface area contributed by atoms with Gasteiger partial charge in [-0.2, -0.15) is 0 Å². The fourth-order valence-corrected chi connectivity index (χ4v) is 4.79. The average Bonchev–Trinajstić information content (AvgIpc) is 2.87. The van der Waals surface area contributed by atoms with Gasteiger partial charge >= 0.3 is 12.1 Å². The number of rotatable bonds is 7. The van der Waals surface area contributed by atoms with Crippen LogP contribution in [0.1, 0.15) is 42.4 Å². The quantitative estimate of drug-likeness (QED) is 0.513. The molecule has 3 aromatic rings. The Balaban J connectivity index is 1.64. The molecular formula is C28H29NO4. The molecule has 5 heteroatoms. The lowest BCUT2D eigenvalue weighted by atomic mass is 9.69. The highest BCUT2D eigenvalue weighted by Crippen LogP contribution is 2.40. The Morgan fingerprint density at radius 3 is 1.94 bits per heavy atom. The monoisotopic (exact) mass is 443 g/mol. The van der Waals surface area contributed by atoms with E-state index in [1.54, 1.807) is 4.90 Å². The lowest BCUT2D eigenvalue weighted by Crippen LogP contribution is -2.50. The minimum atomic E-state index is -1.26. The number of hydrogen-bond donors (Lipinski definition) is 1. The predicted octanol–water partition coefficient (Wildman–Crippen LogP) is 5.64. The summed E-state index contributed by atoms with van der Waals surface area (Å²) < 4.78 is 5.62. The maximum Gasteiger partial charge on any atom is 0.410 e. The molecule has 1 unspecified atom stereocenters. The van der Waals surface area contributed by atoms with Crippen LogP contribution in [0.3, 0.4) is 0 Å². The number of aliphatic carboxylic acids is 1. The van der Waals surface area contributed by atoms with Crippen LogP contribution in [0.4, 0.5) is 4.79 Å². The van der Waals surface area contributed by atoms with Crippen molar-refractivity contribution in [3.8, 4) is 0 Å². The molecule has 33 heavy (non-hydrogen) atoms. The summed E-state index contributed by atoms with van der Waals surface area (Å²) in [6, 6.07) is 28.0. The number of carbonyl (C=O) groups excluding carboxylic acids is 1. The molecule has 1 aliphatic rings. The minimum absolute atomic E-state index is 0.199. The number of carbonyl (C=O) groups is 2. The van der Waals surface area contributed by atoms with Crippen LogP contribution in [0.15, 0.2) is 91.0 Å². The van der Waals surface area contributed by atoms with E-state index >= 15 is 0 Å². The van der Waals surface area contributed by atoms with Gasteiger partial charge in [-0.25, -0.2) is 4.79 Å². The Bertz CT molecular complexity index is 1010. The van der Waals surface area contributed by atoms with Gasteiger partial charge in [-0.3, -0.25) is 4.79 Å². The molecule has 5 nitrogen and oxygen atoms in total. The highest BCUT2D eigenvalue weighted by Gasteiger charge is 2.46. The zero-order chi connectivity index (χ0) is 23.1. The van der Waals surface area contributed by atoms with Crippen LogP contribution in [0.25, 0.3) is 0 Å². The molecule has 1 N–H and O–H groups in total. The van der Waals surface area contributed by atoms with Crippen LogP contribution in [0, 0.1) is 0 Å². The van der Waals surface area contributed by atoms with Gasteiger partial charge in [0.15, 0.2) is 0 Å². The van der Waals surface area contributed by atoms with Crippen LogP contribution >= 0.6 is 0 Å². The van der Waals surface area contributed by atoms with Gasteiger partial charge in [-0.05, 0) is 42.4 Å². The zero-order valence-electron chi connectivity index (χ0n) is 18.6. The van der Waals surface area contributed by atoms with Gasteiger partial charge in [0.1, 0.15) is 12.0 Å². The lowest BCUT2D eigenvalue weighted by Gasteiger charge is -2.41. The molecule has 0 saturated carbocycles. The Morgan fingerprint density at radius 2 is 1.39 bits per heavy atom. The van der Waals surface area contributed by atoms with Crippen molar-refractivity contribution in [2.45, 2.75) is 43.7 Å². The fraction of sp³-hybridized carbons (Fsp3) is 0.286. The molecule has 1 amide bonds. The highest BCUT2D eigenvalue weighted by molar-refractivity contribution is 5.86. The van der Waals surface area contributed by atoms with Crippen molar-refractivity contribution >= 4 is 12.1 Å². The van der Waals surface area contributed by atoms with Gasteiger partial charge in [0, 0.05) is 12.6 Å². The Morgan fingerprint density at radius 1 is 0.848 bits per heavy atom. The van der Waals surface area contributed by atoms with Crippen LogP contribution < -0.4 is 0 Å². The van der Waals surface area contributed by atoms with Gasteiger partial charge < -0.3 is 14.7 Å². The van der Waals surface area contributed by atoms with Crippen LogP contribution in [-0.4, -0.2) is 34.7 Å². The van der Waals surface area contributed by atoms with Crippen LogP contribution in [0.2, 0.25) is 0 Å². The number of carboxylic acid groups (broad SMARTS) is 1. The van der Waals surface area contributed by atoms with Crippen LogP contribution in [-0.2, 0) is 21.6 Å². The third kappa shape index (κ3) is 4.92. The Kier molecular flexibility index (Phi) is 7.08. The van der Waals surface area contributed by atoms with E-state index in [4.69, 9.17) is 4.74 Å². The van der Waals surface area contributed by atoms with Crippen molar-refractivity contribution in [1.82, 2.24) is 4.90 Å². The molecule has 0 aliphatic carbocycles. The first kappa shape index (κ1) is 22.6. The summed E-state index contributed by atoms with van der Waals surface area (Å²) in [5.41, 5.74) is 1.09. The maximum atomic E-state index is 13.1. The number of piperidine rings is 1. The summed E-state index contributed by atoms with van der Waals surface area (Å²) in [6.45, 7) is 0.766. The summed E-state index contributed by atoms with van der Waals surface area (Å²) in [5.74, 6) is -0.914. The third-order valence-electron chi connectivity index (χ3n) is 6.51. The minimum Gasteiger partial charge on any atom is -0.480 e. The molecule has 1 heterocycles. The van der Waals surface area contributed by atoms with E-state index < -0.39 is 11.4 Å². The molecular weight excluding hydrogens is 414 g/mol. The summed E-state index contributed by atoms with van der Waals surface area (Å²) in [5, 5.41) is 10.6. The van der Waals surface area contributed by atoms with Gasteiger partial charge in [0.05, 0.1) is 0 Å². The van der Waals surface area contributed by atoms with E-state index in [0.717, 1.165) is 24.8 Å². The van der Waals surface area contributed by atoms with Crippen molar-refractivity contribution in [3.05, 3.63) is 108 Å². The van der Waals surface area contributed by atoms with Gasteiger partial charge in [0.2, 0.25) is 0 Å². The molecule has 1 aliphatic heterocycles. The number of benzene rings is 3. The molecule has 1 atom stereocenters. The zero-order valence-corrected chi connectivity index (χ0v) is 18.6. The van der Waals surface area contributed by atoms with E-state index in [1.165, 1.54) is 0 Å². The number of hydrogen-bond acceptors (Lipinski definition) is 3. The van der Waals surface area contributed by atoms with Crippen LogP contribution in [0.5, 0.6) is 0 Å². The smallest absolute Gasteiger partial charge is 0.410 e. The van der Waals surface area contributed by atoms with Crippen molar-refractivity contribution in [1.29, 1.82) is 0 Å². The highest BCUT2D eigenvalue weighted by atomic mass is 16.6. The van der Waals surface area contributed by atoms with Gasteiger partial charge in [0.25, 0.3) is 0 Å². The summed E-state index contributed by atoms with van der Waals surface area (Å²) in [7, 11) is 0. The molecule has 0 radical (unpaired) electrons. The topological polar surface area (TPSA) is 66.8 Å². The second-order valence-electron chi connectivity index (χ2n) is 8.53. The van der Waals surface area contributed by atoms with Crippen molar-refractivity contribution < 1.29 is 19.4 Å². The van der Waals surface area contributed by atoms with E-state index in [1.807, 2.05) is 91.0 Å². The predicted molar refractivity (Wildman–Crippen MR) is 127 cm³/mol. The molecule has 170 valence electrons. The number of carboxylic acids is 1. The van der Waals surface area contributed by atoms with E-state index in [0.29, 0.717) is 17.7 Å².